The highest BCUT2D eigenvalue weighted by molar-refractivity contribution is 5.76. The molecule has 1 amide bonds. The molecule has 0 N–H and O–H groups in total. The smallest absolute Gasteiger partial charge is 0.222 e. The summed E-state index contributed by atoms with van der Waals surface area (Å²) in [6.45, 7) is 5.34. The third-order valence-electron chi connectivity index (χ3n) is 4.04. The first-order valence-corrected chi connectivity index (χ1v) is 7.54. The number of rotatable bonds is 3. The van der Waals surface area contributed by atoms with Crippen LogP contribution in [0.1, 0.15) is 13.3 Å². The van der Waals surface area contributed by atoms with Crippen molar-refractivity contribution in [1.82, 2.24) is 9.47 Å². The average molecular weight is 283 g/mol. The monoisotopic (exact) mass is 283 g/mol. The summed E-state index contributed by atoms with van der Waals surface area (Å²) in [5, 5.41) is 0. The molecule has 1 aromatic carbocycles. The number of anilines is 1. The summed E-state index contributed by atoms with van der Waals surface area (Å²) in [5.41, 5.74) is 2.43. The zero-order chi connectivity index (χ0) is 14.7. The van der Waals surface area contributed by atoms with Crippen molar-refractivity contribution in [3.8, 4) is 5.69 Å². The number of aromatic nitrogens is 1. The molecule has 2 aromatic rings. The minimum Gasteiger partial charge on any atom is -0.366 e. The summed E-state index contributed by atoms with van der Waals surface area (Å²) >= 11 is 0. The number of piperazine rings is 1. The average Bonchev–Trinajstić information content (AvgIpc) is 3.08. The predicted octanol–water partition coefficient (Wildman–Crippen LogP) is 2.54. The van der Waals surface area contributed by atoms with Gasteiger partial charge < -0.3 is 14.4 Å². The standard InChI is InChI=1S/C17H21N3O/c1-2-17(21)20-13-11-19(12-14-20)16-8-4-3-7-15(16)18-9-5-6-10-18/h3-10H,2,11-14H2,1H3. The van der Waals surface area contributed by atoms with Crippen molar-refractivity contribution in [3.05, 3.63) is 48.8 Å². The second-order valence-electron chi connectivity index (χ2n) is 5.30. The molecule has 4 nitrogen and oxygen atoms in total. The van der Waals surface area contributed by atoms with Gasteiger partial charge in [-0.15, -0.1) is 0 Å². The second-order valence-corrected chi connectivity index (χ2v) is 5.30. The van der Waals surface area contributed by atoms with Crippen molar-refractivity contribution < 1.29 is 4.79 Å². The van der Waals surface area contributed by atoms with E-state index in [-0.39, 0.29) is 5.91 Å². The van der Waals surface area contributed by atoms with Gasteiger partial charge in [-0.1, -0.05) is 19.1 Å². The van der Waals surface area contributed by atoms with Gasteiger partial charge in [0.15, 0.2) is 0 Å². The van der Waals surface area contributed by atoms with Gasteiger partial charge in [-0.3, -0.25) is 4.79 Å². The molecular weight excluding hydrogens is 262 g/mol. The topological polar surface area (TPSA) is 28.5 Å². The Morgan fingerprint density at radius 1 is 0.952 bits per heavy atom. The van der Waals surface area contributed by atoms with Crippen LogP contribution in [0.3, 0.4) is 0 Å². The maximum Gasteiger partial charge on any atom is 0.222 e. The SMILES string of the molecule is CCC(=O)N1CCN(c2ccccc2-n2cccc2)CC1. The Balaban J connectivity index is 1.79. The van der Waals surface area contributed by atoms with Gasteiger partial charge in [-0.05, 0) is 24.3 Å². The van der Waals surface area contributed by atoms with Crippen molar-refractivity contribution in [2.45, 2.75) is 13.3 Å². The molecule has 0 spiro atoms. The molecule has 3 rings (SSSR count). The molecule has 1 aliphatic rings. The number of carbonyl (C=O) groups excluding carboxylic acids is 1. The molecule has 0 unspecified atom stereocenters. The Hall–Kier alpha value is -2.23. The fourth-order valence-corrected chi connectivity index (χ4v) is 2.87. The molecule has 110 valence electrons. The van der Waals surface area contributed by atoms with Crippen LogP contribution in [0.4, 0.5) is 5.69 Å². The highest BCUT2D eigenvalue weighted by Crippen LogP contribution is 2.25. The van der Waals surface area contributed by atoms with E-state index in [0.717, 1.165) is 26.2 Å². The number of hydrogen-bond acceptors (Lipinski definition) is 2. The Labute approximate surface area is 125 Å². The van der Waals surface area contributed by atoms with Crippen LogP contribution >= 0.6 is 0 Å². The van der Waals surface area contributed by atoms with Crippen molar-refractivity contribution in [2.75, 3.05) is 31.1 Å². The normalized spacial score (nSPS) is 15.3. The molecule has 4 heteroatoms. The molecule has 1 fully saturated rings. The molecule has 1 saturated heterocycles. The van der Waals surface area contributed by atoms with Gasteiger partial charge in [-0.25, -0.2) is 0 Å². The van der Waals surface area contributed by atoms with Gasteiger partial charge in [0.1, 0.15) is 0 Å². The molecular formula is C17H21N3O. The van der Waals surface area contributed by atoms with Gasteiger partial charge in [0, 0.05) is 45.0 Å². The van der Waals surface area contributed by atoms with Gasteiger partial charge >= 0.3 is 0 Å². The van der Waals surface area contributed by atoms with Crippen molar-refractivity contribution in [1.29, 1.82) is 0 Å². The van der Waals surface area contributed by atoms with E-state index in [1.54, 1.807) is 0 Å². The zero-order valence-electron chi connectivity index (χ0n) is 12.4. The van der Waals surface area contributed by atoms with E-state index in [1.807, 2.05) is 24.0 Å². The molecule has 0 bridgehead atoms. The van der Waals surface area contributed by atoms with Crippen LogP contribution in [-0.4, -0.2) is 41.6 Å². The minimum atomic E-state index is 0.258. The fraction of sp³-hybridized carbons (Fsp3) is 0.353. The Morgan fingerprint density at radius 2 is 1.57 bits per heavy atom. The quantitative estimate of drug-likeness (QED) is 0.866. The van der Waals surface area contributed by atoms with E-state index in [9.17, 15) is 4.79 Å². The summed E-state index contributed by atoms with van der Waals surface area (Å²) in [7, 11) is 0. The predicted molar refractivity (Wildman–Crippen MR) is 84.9 cm³/mol. The van der Waals surface area contributed by atoms with Crippen LogP contribution in [0, 0.1) is 0 Å². The number of carbonyl (C=O) groups is 1. The summed E-state index contributed by atoms with van der Waals surface area (Å²) in [6, 6.07) is 12.5. The summed E-state index contributed by atoms with van der Waals surface area (Å²) in [5.74, 6) is 0.258. The van der Waals surface area contributed by atoms with E-state index >= 15 is 0 Å². The van der Waals surface area contributed by atoms with Gasteiger partial charge in [-0.2, -0.15) is 0 Å². The Kier molecular flexibility index (Phi) is 3.95. The van der Waals surface area contributed by atoms with Crippen LogP contribution in [0.15, 0.2) is 48.8 Å². The lowest BCUT2D eigenvalue weighted by molar-refractivity contribution is -0.131. The van der Waals surface area contributed by atoms with E-state index < -0.39 is 0 Å². The first-order valence-electron chi connectivity index (χ1n) is 7.54. The zero-order valence-corrected chi connectivity index (χ0v) is 12.4. The third kappa shape index (κ3) is 2.79. The highest BCUT2D eigenvalue weighted by atomic mass is 16.2. The number of hydrogen-bond donors (Lipinski definition) is 0. The summed E-state index contributed by atoms with van der Waals surface area (Å²) in [4.78, 5) is 16.1. The Morgan fingerprint density at radius 3 is 2.19 bits per heavy atom. The molecule has 1 aromatic heterocycles. The van der Waals surface area contributed by atoms with Crippen LogP contribution in [0.25, 0.3) is 5.69 Å². The maximum absolute atomic E-state index is 11.8. The van der Waals surface area contributed by atoms with Gasteiger partial charge in [0.05, 0.1) is 11.4 Å². The first-order chi connectivity index (χ1) is 10.3. The van der Waals surface area contributed by atoms with Crippen LogP contribution in [-0.2, 0) is 4.79 Å². The highest BCUT2D eigenvalue weighted by Gasteiger charge is 2.21. The number of benzene rings is 1. The first kappa shape index (κ1) is 13.7. The maximum atomic E-state index is 11.8. The van der Waals surface area contributed by atoms with Crippen LogP contribution in [0.5, 0.6) is 0 Å². The lowest BCUT2D eigenvalue weighted by Crippen LogP contribution is -2.48. The molecule has 0 saturated carbocycles. The van der Waals surface area contributed by atoms with Crippen LogP contribution < -0.4 is 4.90 Å². The van der Waals surface area contributed by atoms with E-state index in [0.29, 0.717) is 6.42 Å². The fourth-order valence-electron chi connectivity index (χ4n) is 2.87. The van der Waals surface area contributed by atoms with E-state index in [1.165, 1.54) is 11.4 Å². The van der Waals surface area contributed by atoms with E-state index in [2.05, 4.69) is 46.1 Å². The minimum absolute atomic E-state index is 0.258. The molecule has 0 aliphatic carbocycles. The second kappa shape index (κ2) is 6.04. The summed E-state index contributed by atoms with van der Waals surface area (Å²) < 4.78 is 2.14. The lowest BCUT2D eigenvalue weighted by atomic mass is 10.2. The molecule has 2 heterocycles. The molecule has 1 aliphatic heterocycles. The molecule has 21 heavy (non-hydrogen) atoms. The lowest BCUT2D eigenvalue weighted by Gasteiger charge is -2.37. The third-order valence-corrected chi connectivity index (χ3v) is 4.04. The van der Waals surface area contributed by atoms with Crippen molar-refractivity contribution >= 4 is 11.6 Å². The summed E-state index contributed by atoms with van der Waals surface area (Å²) in [6.07, 6.45) is 4.73. The number of nitrogens with zero attached hydrogens (tertiary/aromatic N) is 3. The van der Waals surface area contributed by atoms with Crippen molar-refractivity contribution in [3.63, 3.8) is 0 Å². The van der Waals surface area contributed by atoms with Crippen molar-refractivity contribution in [2.24, 2.45) is 0 Å². The van der Waals surface area contributed by atoms with Crippen LogP contribution in [0.2, 0.25) is 0 Å². The molecule has 0 atom stereocenters. The number of para-hydroxylation sites is 2. The number of amides is 1. The largest absolute Gasteiger partial charge is 0.366 e. The van der Waals surface area contributed by atoms with E-state index in [4.69, 9.17) is 0 Å². The molecule has 0 radical (unpaired) electrons. The van der Waals surface area contributed by atoms with Gasteiger partial charge in [0.25, 0.3) is 0 Å². The Bertz CT molecular complexity index is 598. The van der Waals surface area contributed by atoms with Gasteiger partial charge in [0.2, 0.25) is 5.91 Å².